The van der Waals surface area contributed by atoms with Crippen LogP contribution in [0.2, 0.25) is 0 Å². The van der Waals surface area contributed by atoms with Gasteiger partial charge in [0, 0.05) is 13.0 Å². The molecule has 3 amide bonds. The summed E-state index contributed by atoms with van der Waals surface area (Å²) in [7, 11) is 0. The molecule has 0 aromatic heterocycles. The SMILES string of the molecule is CC(NC(=O)C(CCC(=O)O)NC(=O)C(CCCN=C(N)N)NC(=O)C(N)CC(=O)O)C(=O)O. The number of carbonyl (C=O) groups is 6. The lowest BCUT2D eigenvalue weighted by molar-refractivity contribution is -0.142. The maximum absolute atomic E-state index is 12.8. The van der Waals surface area contributed by atoms with E-state index in [1.165, 1.54) is 6.92 Å². The van der Waals surface area contributed by atoms with E-state index in [2.05, 4.69) is 20.9 Å². The number of nitrogens with one attached hydrogen (secondary N) is 3. The fourth-order valence-corrected chi connectivity index (χ4v) is 2.52. The van der Waals surface area contributed by atoms with E-state index >= 15 is 0 Å². The van der Waals surface area contributed by atoms with Crippen LogP contribution in [-0.4, -0.2) is 87.6 Å². The van der Waals surface area contributed by atoms with Gasteiger partial charge in [-0.3, -0.25) is 33.8 Å². The standard InChI is InChI=1S/C18H31N7O9/c1-8(17(33)34)23-15(31)11(4-5-12(26)27)25-16(32)10(3-2-6-22-18(20)21)24-14(30)9(19)7-13(28)29/h8-11H,2-7,19H2,1H3,(H,23,31)(H,24,30)(H,25,32)(H,26,27)(H,28,29)(H,33,34)(H4,20,21,22). The van der Waals surface area contributed by atoms with Crippen LogP contribution in [0.5, 0.6) is 0 Å². The van der Waals surface area contributed by atoms with Gasteiger partial charge >= 0.3 is 17.9 Å². The molecule has 16 heteroatoms. The lowest BCUT2D eigenvalue weighted by Gasteiger charge is -2.24. The van der Waals surface area contributed by atoms with Crippen LogP contribution in [-0.2, 0) is 28.8 Å². The molecule has 12 N–H and O–H groups in total. The normalized spacial score (nSPS) is 13.9. The van der Waals surface area contributed by atoms with Crippen molar-refractivity contribution in [2.75, 3.05) is 6.54 Å². The molecule has 34 heavy (non-hydrogen) atoms. The molecule has 0 aliphatic carbocycles. The largest absolute Gasteiger partial charge is 0.481 e. The summed E-state index contributed by atoms with van der Waals surface area (Å²) >= 11 is 0. The molecule has 0 bridgehead atoms. The van der Waals surface area contributed by atoms with Crippen molar-refractivity contribution in [3.05, 3.63) is 0 Å². The molecule has 0 aromatic carbocycles. The highest BCUT2D eigenvalue weighted by Gasteiger charge is 2.30. The van der Waals surface area contributed by atoms with Crippen molar-refractivity contribution in [1.82, 2.24) is 16.0 Å². The van der Waals surface area contributed by atoms with Gasteiger partial charge < -0.3 is 48.5 Å². The summed E-state index contributed by atoms with van der Waals surface area (Å²) in [5.74, 6) is -6.96. The topological polar surface area (TPSA) is 290 Å². The summed E-state index contributed by atoms with van der Waals surface area (Å²) in [5, 5.41) is 33.3. The van der Waals surface area contributed by atoms with Crippen LogP contribution in [0.25, 0.3) is 0 Å². The zero-order valence-corrected chi connectivity index (χ0v) is 18.5. The van der Waals surface area contributed by atoms with Crippen LogP contribution in [0, 0.1) is 0 Å². The predicted molar refractivity (Wildman–Crippen MR) is 116 cm³/mol. The minimum Gasteiger partial charge on any atom is -0.481 e. The highest BCUT2D eigenvalue weighted by Crippen LogP contribution is 2.05. The Hall–Kier alpha value is -3.95. The van der Waals surface area contributed by atoms with E-state index in [0.29, 0.717) is 0 Å². The number of nitrogens with zero attached hydrogens (tertiary/aromatic N) is 1. The average molecular weight is 489 g/mol. The molecule has 0 heterocycles. The van der Waals surface area contributed by atoms with E-state index < -0.39 is 72.6 Å². The van der Waals surface area contributed by atoms with Gasteiger partial charge in [-0.05, 0) is 26.2 Å². The Bertz CT molecular complexity index is 799. The van der Waals surface area contributed by atoms with E-state index in [1.54, 1.807) is 0 Å². The van der Waals surface area contributed by atoms with Crippen molar-refractivity contribution in [1.29, 1.82) is 0 Å². The van der Waals surface area contributed by atoms with Crippen LogP contribution in [0.3, 0.4) is 0 Å². The Labute approximate surface area is 194 Å². The highest BCUT2D eigenvalue weighted by molar-refractivity contribution is 5.94. The summed E-state index contributed by atoms with van der Waals surface area (Å²) in [6.45, 7) is 1.26. The maximum atomic E-state index is 12.8. The lowest BCUT2D eigenvalue weighted by atomic mass is 10.1. The third-order valence-corrected chi connectivity index (χ3v) is 4.32. The van der Waals surface area contributed by atoms with Crippen molar-refractivity contribution in [2.24, 2.45) is 22.2 Å². The molecule has 16 nitrogen and oxygen atoms in total. The van der Waals surface area contributed by atoms with Crippen molar-refractivity contribution in [3.8, 4) is 0 Å². The Morgan fingerprint density at radius 3 is 1.85 bits per heavy atom. The minimum atomic E-state index is -1.46. The Kier molecular flexibility index (Phi) is 13.2. The summed E-state index contributed by atoms with van der Waals surface area (Å²) < 4.78 is 0. The first-order valence-corrected chi connectivity index (χ1v) is 10.1. The molecule has 0 fully saturated rings. The number of carbonyl (C=O) groups excluding carboxylic acids is 3. The van der Waals surface area contributed by atoms with Crippen molar-refractivity contribution >= 4 is 41.6 Å². The monoisotopic (exact) mass is 489 g/mol. The van der Waals surface area contributed by atoms with E-state index in [4.69, 9.17) is 32.5 Å². The third-order valence-electron chi connectivity index (χ3n) is 4.32. The van der Waals surface area contributed by atoms with Crippen molar-refractivity contribution < 1.29 is 44.1 Å². The van der Waals surface area contributed by atoms with Gasteiger partial charge in [0.1, 0.15) is 18.1 Å². The lowest BCUT2D eigenvalue weighted by Crippen LogP contribution is -2.57. The third kappa shape index (κ3) is 12.8. The smallest absolute Gasteiger partial charge is 0.325 e. The first kappa shape index (κ1) is 30.1. The molecule has 4 atom stereocenters. The number of rotatable bonds is 16. The van der Waals surface area contributed by atoms with Gasteiger partial charge in [0.05, 0.1) is 12.5 Å². The Morgan fingerprint density at radius 1 is 0.824 bits per heavy atom. The zero-order chi connectivity index (χ0) is 26.4. The molecule has 0 saturated carbocycles. The zero-order valence-electron chi connectivity index (χ0n) is 18.5. The van der Waals surface area contributed by atoms with Crippen molar-refractivity contribution in [3.63, 3.8) is 0 Å². The number of amides is 3. The number of hydrogen-bond acceptors (Lipinski definition) is 8. The number of nitrogens with two attached hydrogens (primary N) is 3. The Balaban J connectivity index is 5.53. The predicted octanol–water partition coefficient (Wildman–Crippen LogP) is -3.73. The highest BCUT2D eigenvalue weighted by atomic mass is 16.4. The number of hydrogen-bond donors (Lipinski definition) is 9. The maximum Gasteiger partial charge on any atom is 0.325 e. The molecule has 192 valence electrons. The molecule has 0 saturated heterocycles. The fraction of sp³-hybridized carbons (Fsp3) is 0.611. The van der Waals surface area contributed by atoms with Crippen LogP contribution in [0.15, 0.2) is 4.99 Å². The average Bonchev–Trinajstić information content (AvgIpc) is 2.71. The number of aliphatic carboxylic acids is 3. The number of aliphatic imine (C=N–C) groups is 1. The van der Waals surface area contributed by atoms with Gasteiger partial charge in [-0.2, -0.15) is 0 Å². The molecule has 0 aliphatic rings. The van der Waals surface area contributed by atoms with Crippen LogP contribution >= 0.6 is 0 Å². The van der Waals surface area contributed by atoms with Gasteiger partial charge in [0.2, 0.25) is 17.7 Å². The van der Waals surface area contributed by atoms with Gasteiger partial charge in [-0.15, -0.1) is 0 Å². The van der Waals surface area contributed by atoms with Gasteiger partial charge in [0.25, 0.3) is 0 Å². The van der Waals surface area contributed by atoms with E-state index in [0.717, 1.165) is 0 Å². The minimum absolute atomic E-state index is 0.0487. The number of guanidine groups is 1. The molecule has 0 aliphatic heterocycles. The molecule has 0 aromatic rings. The van der Waals surface area contributed by atoms with E-state index in [9.17, 15) is 28.8 Å². The van der Waals surface area contributed by atoms with Gasteiger partial charge in [-0.1, -0.05) is 0 Å². The molecule has 4 unspecified atom stereocenters. The van der Waals surface area contributed by atoms with Crippen LogP contribution in [0.1, 0.15) is 39.0 Å². The second-order valence-corrected chi connectivity index (χ2v) is 7.28. The van der Waals surface area contributed by atoms with E-state index in [1.807, 2.05) is 0 Å². The quantitative estimate of drug-likeness (QED) is 0.0574. The summed E-state index contributed by atoms with van der Waals surface area (Å²) in [5.41, 5.74) is 16.0. The van der Waals surface area contributed by atoms with E-state index in [-0.39, 0.29) is 31.8 Å². The Morgan fingerprint density at radius 2 is 1.35 bits per heavy atom. The second-order valence-electron chi connectivity index (χ2n) is 7.28. The summed E-state index contributed by atoms with van der Waals surface area (Å²) in [6, 6.07) is -5.53. The molecule has 0 radical (unpaired) electrons. The fourth-order valence-electron chi connectivity index (χ4n) is 2.52. The summed E-state index contributed by atoms with van der Waals surface area (Å²) in [4.78, 5) is 73.9. The van der Waals surface area contributed by atoms with Crippen LogP contribution in [0.4, 0.5) is 0 Å². The molecular weight excluding hydrogens is 458 g/mol. The summed E-state index contributed by atoms with van der Waals surface area (Å²) in [6.07, 6.45) is -1.46. The molecular formula is C18H31N7O9. The second kappa shape index (κ2) is 15.0. The molecule has 0 spiro atoms. The first-order chi connectivity index (χ1) is 15.7. The molecule has 0 rings (SSSR count). The number of carboxylic acid groups (broad SMARTS) is 3. The van der Waals surface area contributed by atoms with Crippen LogP contribution < -0.4 is 33.2 Å². The first-order valence-electron chi connectivity index (χ1n) is 10.1. The van der Waals surface area contributed by atoms with Crippen molar-refractivity contribution in [2.45, 2.75) is 63.2 Å². The van der Waals surface area contributed by atoms with Gasteiger partial charge in [0.15, 0.2) is 5.96 Å². The van der Waals surface area contributed by atoms with Gasteiger partial charge in [-0.25, -0.2) is 0 Å². The number of carboxylic acids is 3.